The van der Waals surface area contributed by atoms with E-state index in [1.54, 1.807) is 4.90 Å². The van der Waals surface area contributed by atoms with Crippen LogP contribution in [0, 0.1) is 24.0 Å². The number of rotatable bonds is 6. The first-order valence-corrected chi connectivity index (χ1v) is 10.5. The monoisotopic (exact) mass is 427 g/mol. The van der Waals surface area contributed by atoms with Gasteiger partial charge in [0.05, 0.1) is 32.3 Å². The molecule has 1 aromatic carbocycles. The van der Waals surface area contributed by atoms with E-state index >= 15 is 0 Å². The zero-order valence-electron chi connectivity index (χ0n) is 15.7. The number of hydrogen-bond donors (Lipinski definition) is 0. The van der Waals surface area contributed by atoms with Crippen molar-refractivity contribution >= 4 is 48.9 Å². The number of thiophene rings is 1. The van der Waals surface area contributed by atoms with E-state index < -0.39 is 4.92 Å². The second-order valence-corrected chi connectivity index (χ2v) is 8.54. The van der Waals surface area contributed by atoms with E-state index in [0.29, 0.717) is 23.1 Å². The predicted molar refractivity (Wildman–Crippen MR) is 114 cm³/mol. The third-order valence-electron chi connectivity index (χ3n) is 4.38. The fraction of sp³-hybridized carbons (Fsp3) is 0.211. The first-order valence-electron chi connectivity index (χ1n) is 8.85. The van der Waals surface area contributed by atoms with Crippen molar-refractivity contribution in [3.8, 4) is 0 Å². The molecule has 4 aromatic rings. The van der Waals surface area contributed by atoms with E-state index in [-0.39, 0.29) is 10.9 Å². The van der Waals surface area contributed by atoms with Crippen molar-refractivity contribution < 1.29 is 9.72 Å². The summed E-state index contributed by atoms with van der Waals surface area (Å²) in [6.45, 7) is 4.73. The van der Waals surface area contributed by atoms with Crippen LogP contribution in [0.3, 0.4) is 0 Å². The van der Waals surface area contributed by atoms with Crippen LogP contribution >= 0.6 is 22.7 Å². The molecule has 148 valence electrons. The molecule has 0 aliphatic heterocycles. The van der Waals surface area contributed by atoms with Crippen molar-refractivity contribution in [1.29, 1.82) is 0 Å². The molecule has 1 amide bonds. The van der Waals surface area contributed by atoms with Gasteiger partial charge in [0.2, 0.25) is 0 Å². The van der Waals surface area contributed by atoms with Crippen LogP contribution in [-0.2, 0) is 6.54 Å². The van der Waals surface area contributed by atoms with Crippen molar-refractivity contribution in [2.75, 3.05) is 11.4 Å². The lowest BCUT2D eigenvalue weighted by atomic mass is 10.3. The van der Waals surface area contributed by atoms with Gasteiger partial charge in [-0.1, -0.05) is 34.8 Å². The standard InChI is InChI=1S/C19H17N5O3S2/c1-12-11-13(2)23(21-12)10-9-22(18(25)16-7-8-17(28-16)24(26)27)19-20-14-5-3-4-6-15(14)29-19/h3-8,11H,9-10H2,1-2H3. The summed E-state index contributed by atoms with van der Waals surface area (Å²) in [5.41, 5.74) is 2.73. The lowest BCUT2D eigenvalue weighted by Gasteiger charge is -2.19. The van der Waals surface area contributed by atoms with Crippen LogP contribution in [0.1, 0.15) is 21.1 Å². The van der Waals surface area contributed by atoms with E-state index in [4.69, 9.17) is 0 Å². The number of aryl methyl sites for hydroxylation is 2. The van der Waals surface area contributed by atoms with Crippen LogP contribution in [0.4, 0.5) is 10.1 Å². The van der Waals surface area contributed by atoms with E-state index in [0.717, 1.165) is 32.9 Å². The van der Waals surface area contributed by atoms with Gasteiger partial charge in [0.1, 0.15) is 0 Å². The molecule has 0 N–H and O–H groups in total. The molecule has 0 aliphatic rings. The summed E-state index contributed by atoms with van der Waals surface area (Å²) in [7, 11) is 0. The molecule has 0 bridgehead atoms. The summed E-state index contributed by atoms with van der Waals surface area (Å²) in [5, 5.41) is 16.0. The van der Waals surface area contributed by atoms with Gasteiger partial charge in [-0.25, -0.2) is 4.98 Å². The molecule has 3 heterocycles. The molecule has 3 aromatic heterocycles. The average Bonchev–Trinajstić information content (AvgIpc) is 3.40. The SMILES string of the molecule is Cc1cc(C)n(CCN(C(=O)c2ccc([N+](=O)[O-])s2)c2nc3ccccc3s2)n1. The highest BCUT2D eigenvalue weighted by Crippen LogP contribution is 2.32. The zero-order valence-corrected chi connectivity index (χ0v) is 17.4. The van der Waals surface area contributed by atoms with Crippen LogP contribution in [0.15, 0.2) is 42.5 Å². The van der Waals surface area contributed by atoms with Gasteiger partial charge in [-0.15, -0.1) is 0 Å². The van der Waals surface area contributed by atoms with Gasteiger partial charge in [-0.2, -0.15) is 5.10 Å². The number of anilines is 1. The first kappa shape index (κ1) is 19.2. The third kappa shape index (κ3) is 3.89. The highest BCUT2D eigenvalue weighted by Gasteiger charge is 2.25. The number of amides is 1. The molecule has 0 saturated heterocycles. The largest absolute Gasteiger partial charge is 0.324 e. The van der Waals surface area contributed by atoms with Crippen molar-refractivity contribution in [2.24, 2.45) is 0 Å². The van der Waals surface area contributed by atoms with Gasteiger partial charge in [-0.05, 0) is 38.1 Å². The minimum Gasteiger partial charge on any atom is -0.281 e. The van der Waals surface area contributed by atoms with Crippen molar-refractivity contribution in [2.45, 2.75) is 20.4 Å². The fourth-order valence-corrected chi connectivity index (χ4v) is 4.79. The number of carbonyl (C=O) groups is 1. The molecule has 29 heavy (non-hydrogen) atoms. The number of thiazole rings is 1. The van der Waals surface area contributed by atoms with Gasteiger partial charge >= 0.3 is 5.00 Å². The molecule has 0 atom stereocenters. The van der Waals surface area contributed by atoms with Crippen molar-refractivity contribution in [3.05, 3.63) is 68.8 Å². The van der Waals surface area contributed by atoms with Crippen LogP contribution < -0.4 is 4.90 Å². The fourth-order valence-electron chi connectivity index (χ4n) is 3.03. The Balaban J connectivity index is 1.68. The van der Waals surface area contributed by atoms with Gasteiger partial charge in [0.25, 0.3) is 5.91 Å². The maximum Gasteiger partial charge on any atom is 0.324 e. The molecular formula is C19H17N5O3S2. The third-order valence-corrected chi connectivity index (χ3v) is 6.46. The number of nitrogens with zero attached hydrogens (tertiary/aromatic N) is 5. The summed E-state index contributed by atoms with van der Waals surface area (Å²) in [4.78, 5) is 30.2. The quantitative estimate of drug-likeness (QED) is 0.335. The van der Waals surface area contributed by atoms with Gasteiger partial charge in [0.15, 0.2) is 5.13 Å². The highest BCUT2D eigenvalue weighted by atomic mass is 32.1. The molecule has 0 spiro atoms. The van der Waals surface area contributed by atoms with Crippen LogP contribution in [0.2, 0.25) is 0 Å². The minimum atomic E-state index is -0.487. The zero-order chi connectivity index (χ0) is 20.5. The van der Waals surface area contributed by atoms with E-state index in [1.165, 1.54) is 23.5 Å². The lowest BCUT2D eigenvalue weighted by Crippen LogP contribution is -2.33. The van der Waals surface area contributed by atoms with Crippen LogP contribution in [0.25, 0.3) is 10.2 Å². The summed E-state index contributed by atoms with van der Waals surface area (Å²) < 4.78 is 2.82. The van der Waals surface area contributed by atoms with E-state index in [9.17, 15) is 14.9 Å². The normalized spacial score (nSPS) is 11.1. The molecule has 0 unspecified atom stereocenters. The molecule has 0 fully saturated rings. The number of fused-ring (bicyclic) bond motifs is 1. The number of benzene rings is 1. The minimum absolute atomic E-state index is 0.0591. The van der Waals surface area contributed by atoms with Crippen LogP contribution in [0.5, 0.6) is 0 Å². The number of para-hydroxylation sites is 1. The Morgan fingerprint density at radius 1 is 1.21 bits per heavy atom. The first-order chi connectivity index (χ1) is 13.9. The topological polar surface area (TPSA) is 94.2 Å². The number of aromatic nitrogens is 3. The summed E-state index contributed by atoms with van der Waals surface area (Å²) in [6.07, 6.45) is 0. The second kappa shape index (κ2) is 7.72. The highest BCUT2D eigenvalue weighted by molar-refractivity contribution is 7.22. The maximum atomic E-state index is 13.2. The van der Waals surface area contributed by atoms with Crippen molar-refractivity contribution in [1.82, 2.24) is 14.8 Å². The summed E-state index contributed by atoms with van der Waals surface area (Å²) in [5.74, 6) is -0.302. The van der Waals surface area contributed by atoms with Crippen molar-refractivity contribution in [3.63, 3.8) is 0 Å². The average molecular weight is 428 g/mol. The number of hydrogen-bond acceptors (Lipinski definition) is 7. The summed E-state index contributed by atoms with van der Waals surface area (Å²) in [6, 6.07) is 12.5. The number of carbonyl (C=O) groups excluding carboxylic acids is 1. The second-order valence-electron chi connectivity index (χ2n) is 6.47. The molecular weight excluding hydrogens is 410 g/mol. The van der Waals surface area contributed by atoms with Crippen LogP contribution in [-0.4, -0.2) is 32.1 Å². The smallest absolute Gasteiger partial charge is 0.281 e. The Labute approximate surface area is 174 Å². The molecule has 0 radical (unpaired) electrons. The van der Waals surface area contributed by atoms with Gasteiger partial charge < -0.3 is 0 Å². The molecule has 4 rings (SSSR count). The van der Waals surface area contributed by atoms with Gasteiger partial charge in [0, 0.05) is 18.3 Å². The predicted octanol–water partition coefficient (Wildman–Crippen LogP) is 4.43. The van der Waals surface area contributed by atoms with E-state index in [2.05, 4.69) is 10.1 Å². The molecule has 8 nitrogen and oxygen atoms in total. The maximum absolute atomic E-state index is 13.2. The summed E-state index contributed by atoms with van der Waals surface area (Å²) >= 11 is 2.29. The Kier molecular flexibility index (Phi) is 5.12. The Morgan fingerprint density at radius 2 is 2.00 bits per heavy atom. The Bertz CT molecular complexity index is 1180. The Hall–Kier alpha value is -3.11. The van der Waals surface area contributed by atoms with E-state index in [1.807, 2.05) is 48.9 Å². The van der Waals surface area contributed by atoms with Gasteiger partial charge in [-0.3, -0.25) is 24.5 Å². The Morgan fingerprint density at radius 3 is 2.66 bits per heavy atom. The molecule has 0 saturated carbocycles. The molecule has 10 heteroatoms. The molecule has 0 aliphatic carbocycles. The lowest BCUT2D eigenvalue weighted by molar-refractivity contribution is -0.380. The number of nitro groups is 1.